The van der Waals surface area contributed by atoms with E-state index in [0.29, 0.717) is 17.8 Å². The largest absolute Gasteiger partial charge is 0.707 e. The molecule has 0 radical (unpaired) electrons. The summed E-state index contributed by atoms with van der Waals surface area (Å²) in [5.41, 5.74) is 7.75. The van der Waals surface area contributed by atoms with E-state index in [1.807, 2.05) is 4.57 Å². The minimum absolute atomic E-state index is 0.173. The number of primary amides is 1. The molecule has 0 fully saturated rings. The monoisotopic (exact) mass is 312 g/mol. The molecule has 9 heteroatoms. The molecule has 4 N–H and O–H groups in total. The molecule has 0 spiro atoms. The van der Waals surface area contributed by atoms with Crippen LogP contribution in [0.5, 0.6) is 5.75 Å². The standard InChI is InChI=1S/C14H13BN4O4/c16-14(20)12-5-11-13(6-17-12)19(8-18-11)7-9-1-3-10(4-2-9)23-15(21)22/h1-6,8,21-22H,7H2,(H2,16,20). The van der Waals surface area contributed by atoms with Crippen LogP contribution in [-0.4, -0.2) is 37.8 Å². The lowest BCUT2D eigenvalue weighted by Crippen LogP contribution is -2.20. The van der Waals surface area contributed by atoms with Crippen molar-refractivity contribution in [2.75, 3.05) is 0 Å². The fraction of sp³-hybridized carbons (Fsp3) is 0.0714. The van der Waals surface area contributed by atoms with E-state index in [1.165, 1.54) is 0 Å². The number of hydrogen-bond donors (Lipinski definition) is 3. The van der Waals surface area contributed by atoms with Crippen molar-refractivity contribution in [3.05, 3.63) is 54.1 Å². The fourth-order valence-electron chi connectivity index (χ4n) is 2.21. The van der Waals surface area contributed by atoms with E-state index in [2.05, 4.69) is 9.97 Å². The number of nitrogens with two attached hydrogens (primary N) is 1. The van der Waals surface area contributed by atoms with Gasteiger partial charge in [0, 0.05) is 6.54 Å². The molecule has 3 aromatic rings. The van der Waals surface area contributed by atoms with Crippen molar-refractivity contribution in [2.45, 2.75) is 6.54 Å². The summed E-state index contributed by atoms with van der Waals surface area (Å²) < 4.78 is 6.63. The molecule has 0 atom stereocenters. The van der Waals surface area contributed by atoms with Crippen molar-refractivity contribution in [3.63, 3.8) is 0 Å². The Balaban J connectivity index is 1.82. The second-order valence-electron chi connectivity index (χ2n) is 4.88. The van der Waals surface area contributed by atoms with Gasteiger partial charge in [-0.2, -0.15) is 0 Å². The highest BCUT2D eigenvalue weighted by Gasteiger charge is 2.11. The summed E-state index contributed by atoms with van der Waals surface area (Å²) in [5, 5.41) is 17.5. The second-order valence-corrected chi connectivity index (χ2v) is 4.88. The first-order chi connectivity index (χ1) is 11.0. The van der Waals surface area contributed by atoms with Gasteiger partial charge in [0.1, 0.15) is 11.4 Å². The maximum absolute atomic E-state index is 11.1. The molecule has 0 saturated carbocycles. The summed E-state index contributed by atoms with van der Waals surface area (Å²) >= 11 is 0. The molecule has 0 saturated heterocycles. The van der Waals surface area contributed by atoms with Gasteiger partial charge < -0.3 is 25.0 Å². The Morgan fingerprint density at radius 1 is 1.26 bits per heavy atom. The first-order valence-electron chi connectivity index (χ1n) is 6.75. The van der Waals surface area contributed by atoms with Crippen LogP contribution in [-0.2, 0) is 6.54 Å². The third kappa shape index (κ3) is 3.30. The molecule has 2 aromatic heterocycles. The first kappa shape index (κ1) is 15.0. The van der Waals surface area contributed by atoms with Crippen molar-refractivity contribution in [3.8, 4) is 5.75 Å². The molecular weight excluding hydrogens is 299 g/mol. The zero-order chi connectivity index (χ0) is 16.4. The minimum Gasteiger partial charge on any atom is -0.512 e. The summed E-state index contributed by atoms with van der Waals surface area (Å²) in [4.78, 5) is 19.4. The minimum atomic E-state index is -1.84. The zero-order valence-corrected chi connectivity index (χ0v) is 12.0. The first-order valence-corrected chi connectivity index (χ1v) is 6.75. The number of hydrogen-bond acceptors (Lipinski definition) is 6. The van der Waals surface area contributed by atoms with Crippen molar-refractivity contribution in [1.29, 1.82) is 0 Å². The van der Waals surface area contributed by atoms with Gasteiger partial charge in [-0.15, -0.1) is 0 Å². The van der Waals surface area contributed by atoms with Gasteiger partial charge >= 0.3 is 7.32 Å². The number of benzene rings is 1. The van der Waals surface area contributed by atoms with Gasteiger partial charge in [-0.25, -0.2) is 9.97 Å². The molecule has 3 rings (SSSR count). The van der Waals surface area contributed by atoms with E-state index < -0.39 is 13.2 Å². The van der Waals surface area contributed by atoms with Crippen LogP contribution >= 0.6 is 0 Å². The van der Waals surface area contributed by atoms with E-state index in [1.54, 1.807) is 42.9 Å². The Bertz CT molecular complexity index is 848. The number of fused-ring (bicyclic) bond motifs is 1. The number of amides is 1. The highest BCUT2D eigenvalue weighted by Crippen LogP contribution is 2.17. The van der Waals surface area contributed by atoms with Gasteiger partial charge in [0.15, 0.2) is 0 Å². The average Bonchev–Trinajstić information content (AvgIpc) is 2.91. The number of nitrogens with zero attached hydrogens (tertiary/aromatic N) is 3. The molecule has 8 nitrogen and oxygen atoms in total. The lowest BCUT2D eigenvalue weighted by Gasteiger charge is -2.07. The van der Waals surface area contributed by atoms with Gasteiger partial charge in [-0.05, 0) is 23.8 Å². The summed E-state index contributed by atoms with van der Waals surface area (Å²) in [7, 11) is -1.84. The number of carbonyl (C=O) groups is 1. The third-order valence-corrected chi connectivity index (χ3v) is 3.28. The van der Waals surface area contributed by atoms with Crippen LogP contribution in [0.25, 0.3) is 11.0 Å². The van der Waals surface area contributed by atoms with Gasteiger partial charge in [-0.3, -0.25) is 4.79 Å². The van der Waals surface area contributed by atoms with Gasteiger partial charge in [0.2, 0.25) is 0 Å². The highest BCUT2D eigenvalue weighted by atomic mass is 16.6. The number of aromatic nitrogens is 3. The lowest BCUT2D eigenvalue weighted by atomic mass is 10.2. The lowest BCUT2D eigenvalue weighted by molar-refractivity contribution is 0.0995. The van der Waals surface area contributed by atoms with E-state index >= 15 is 0 Å². The normalized spacial score (nSPS) is 10.7. The Hall–Kier alpha value is -2.91. The van der Waals surface area contributed by atoms with Gasteiger partial charge in [0.25, 0.3) is 5.91 Å². The van der Waals surface area contributed by atoms with Crippen LogP contribution in [0.2, 0.25) is 0 Å². The number of rotatable bonds is 5. The molecule has 0 aliphatic rings. The number of carbonyl (C=O) groups excluding carboxylic acids is 1. The molecule has 23 heavy (non-hydrogen) atoms. The predicted molar refractivity (Wildman–Crippen MR) is 82.4 cm³/mol. The van der Waals surface area contributed by atoms with Crippen LogP contribution < -0.4 is 10.4 Å². The van der Waals surface area contributed by atoms with E-state index in [9.17, 15) is 4.79 Å². The van der Waals surface area contributed by atoms with Crippen molar-refractivity contribution in [1.82, 2.24) is 14.5 Å². The van der Waals surface area contributed by atoms with Crippen molar-refractivity contribution in [2.24, 2.45) is 5.73 Å². The average molecular weight is 312 g/mol. The smallest absolute Gasteiger partial charge is 0.512 e. The van der Waals surface area contributed by atoms with Crippen LogP contribution in [0.1, 0.15) is 16.1 Å². The Labute approximate surface area is 131 Å². The van der Waals surface area contributed by atoms with Crippen molar-refractivity contribution < 1.29 is 19.5 Å². The van der Waals surface area contributed by atoms with Crippen LogP contribution in [0.3, 0.4) is 0 Å². The SMILES string of the molecule is NC(=O)c1cc2ncn(Cc3ccc(OB(O)O)cc3)c2cn1. The molecule has 0 unspecified atom stereocenters. The predicted octanol–water partition coefficient (Wildman–Crippen LogP) is -0.0732. The van der Waals surface area contributed by atoms with Gasteiger partial charge in [-0.1, -0.05) is 12.1 Å². The Morgan fingerprint density at radius 3 is 2.65 bits per heavy atom. The summed E-state index contributed by atoms with van der Waals surface area (Å²) in [5.74, 6) is -0.241. The maximum Gasteiger partial charge on any atom is 0.707 e. The molecular formula is C14H13BN4O4. The van der Waals surface area contributed by atoms with E-state index in [-0.39, 0.29) is 5.69 Å². The highest BCUT2D eigenvalue weighted by molar-refractivity contribution is 6.33. The molecule has 1 amide bonds. The van der Waals surface area contributed by atoms with E-state index in [4.69, 9.17) is 20.4 Å². The zero-order valence-electron chi connectivity index (χ0n) is 12.0. The fourth-order valence-corrected chi connectivity index (χ4v) is 2.21. The summed E-state index contributed by atoms with van der Waals surface area (Å²) in [6, 6.07) is 8.42. The quantitative estimate of drug-likeness (QED) is 0.566. The van der Waals surface area contributed by atoms with Crippen LogP contribution in [0, 0.1) is 0 Å². The molecule has 1 aromatic carbocycles. The molecule has 0 bridgehead atoms. The molecule has 0 aliphatic heterocycles. The van der Waals surface area contributed by atoms with Crippen molar-refractivity contribution >= 4 is 24.3 Å². The third-order valence-electron chi connectivity index (χ3n) is 3.28. The number of imidazole rings is 1. The van der Waals surface area contributed by atoms with E-state index in [0.717, 1.165) is 11.1 Å². The topological polar surface area (TPSA) is 123 Å². The Kier molecular flexibility index (Phi) is 3.96. The molecule has 2 heterocycles. The molecule has 0 aliphatic carbocycles. The van der Waals surface area contributed by atoms with Crippen LogP contribution in [0.4, 0.5) is 0 Å². The summed E-state index contributed by atoms with van der Waals surface area (Å²) in [6.07, 6.45) is 3.21. The summed E-state index contributed by atoms with van der Waals surface area (Å²) in [6.45, 7) is 0.538. The Morgan fingerprint density at radius 2 is 2.00 bits per heavy atom. The number of pyridine rings is 1. The molecule has 116 valence electrons. The second kappa shape index (κ2) is 6.07. The maximum atomic E-state index is 11.1. The van der Waals surface area contributed by atoms with Gasteiger partial charge in [0.05, 0.1) is 23.6 Å². The van der Waals surface area contributed by atoms with Crippen LogP contribution in [0.15, 0.2) is 42.9 Å².